The third-order valence-electron chi connectivity index (χ3n) is 4.14. The Kier molecular flexibility index (Phi) is 3.42. The summed E-state index contributed by atoms with van der Waals surface area (Å²) < 4.78 is 0. The first kappa shape index (κ1) is 12.5. The molecular weight excluding hydrogens is 238 g/mol. The van der Waals surface area contributed by atoms with Gasteiger partial charge in [0.15, 0.2) is 0 Å². The van der Waals surface area contributed by atoms with Gasteiger partial charge in [0.2, 0.25) is 5.91 Å². The van der Waals surface area contributed by atoms with Gasteiger partial charge in [0, 0.05) is 32.4 Å². The highest BCUT2D eigenvalue weighted by molar-refractivity contribution is 5.82. The highest BCUT2D eigenvalue weighted by atomic mass is 16.2. The number of para-hydroxylation sites is 1. The van der Waals surface area contributed by atoms with Crippen LogP contribution >= 0.6 is 0 Å². The van der Waals surface area contributed by atoms with Crippen molar-refractivity contribution in [3.8, 4) is 0 Å². The monoisotopic (exact) mass is 259 g/mol. The number of hydrogen-bond donors (Lipinski definition) is 1. The topological polar surface area (TPSA) is 35.6 Å². The number of nitrogens with one attached hydrogen (secondary N) is 1. The van der Waals surface area contributed by atoms with Gasteiger partial charge in [0.1, 0.15) is 0 Å². The molecule has 1 atom stereocenters. The van der Waals surface area contributed by atoms with E-state index in [1.165, 1.54) is 11.3 Å². The predicted molar refractivity (Wildman–Crippen MR) is 76.2 cm³/mol. The normalized spacial score (nSPS) is 23.1. The zero-order valence-electron chi connectivity index (χ0n) is 11.4. The second-order valence-corrected chi connectivity index (χ2v) is 5.46. The van der Waals surface area contributed by atoms with Crippen LogP contribution in [0.5, 0.6) is 0 Å². The van der Waals surface area contributed by atoms with Crippen LogP contribution in [-0.2, 0) is 11.3 Å². The second-order valence-electron chi connectivity index (χ2n) is 5.46. The van der Waals surface area contributed by atoms with Gasteiger partial charge in [-0.2, -0.15) is 0 Å². The van der Waals surface area contributed by atoms with E-state index < -0.39 is 0 Å². The first-order chi connectivity index (χ1) is 9.25. The quantitative estimate of drug-likeness (QED) is 0.823. The fraction of sp³-hybridized carbons (Fsp3) is 0.533. The lowest BCUT2D eigenvalue weighted by atomic mass is 10.1. The maximum Gasteiger partial charge on any atom is 0.240 e. The van der Waals surface area contributed by atoms with E-state index >= 15 is 0 Å². The lowest BCUT2D eigenvalue weighted by Gasteiger charge is -2.24. The van der Waals surface area contributed by atoms with Crippen molar-refractivity contribution < 1.29 is 4.79 Å². The Morgan fingerprint density at radius 3 is 2.95 bits per heavy atom. The fourth-order valence-electron chi connectivity index (χ4n) is 3.00. The molecule has 0 bridgehead atoms. The number of rotatable bonds is 1. The number of anilines is 1. The molecule has 1 aromatic rings. The number of likely N-dealkylation sites (N-methyl/N-ethyl adjacent to an activating group) is 1. The van der Waals surface area contributed by atoms with Crippen LogP contribution in [-0.4, -0.2) is 43.5 Å². The van der Waals surface area contributed by atoms with Crippen LogP contribution in [0.3, 0.4) is 0 Å². The first-order valence-electron chi connectivity index (χ1n) is 7.07. The van der Waals surface area contributed by atoms with Crippen molar-refractivity contribution in [2.24, 2.45) is 0 Å². The van der Waals surface area contributed by atoms with Crippen LogP contribution in [0.15, 0.2) is 24.3 Å². The number of hydrogen-bond acceptors (Lipinski definition) is 3. The summed E-state index contributed by atoms with van der Waals surface area (Å²) in [5, 5.41) is 3.30. The molecule has 1 amide bonds. The smallest absolute Gasteiger partial charge is 0.240 e. The van der Waals surface area contributed by atoms with E-state index in [1.807, 2.05) is 4.90 Å². The highest BCUT2D eigenvalue weighted by Crippen LogP contribution is 2.24. The Labute approximate surface area is 114 Å². The number of nitrogens with zero attached hydrogens (tertiary/aromatic N) is 2. The van der Waals surface area contributed by atoms with Gasteiger partial charge >= 0.3 is 0 Å². The molecule has 102 valence electrons. The predicted octanol–water partition coefficient (Wildman–Crippen LogP) is 1.22. The van der Waals surface area contributed by atoms with Crippen molar-refractivity contribution in [2.75, 3.05) is 31.6 Å². The van der Waals surface area contributed by atoms with E-state index in [1.54, 1.807) is 0 Å². The molecule has 3 rings (SSSR count). The molecule has 1 N–H and O–H groups in total. The van der Waals surface area contributed by atoms with Crippen molar-refractivity contribution in [3.63, 3.8) is 0 Å². The second kappa shape index (κ2) is 5.21. The van der Waals surface area contributed by atoms with Gasteiger partial charge in [0.25, 0.3) is 0 Å². The Morgan fingerprint density at radius 2 is 2.16 bits per heavy atom. The minimum absolute atomic E-state index is 0.0376. The van der Waals surface area contributed by atoms with Crippen LogP contribution < -0.4 is 10.2 Å². The van der Waals surface area contributed by atoms with Crippen molar-refractivity contribution in [2.45, 2.75) is 25.4 Å². The molecule has 0 aliphatic carbocycles. The van der Waals surface area contributed by atoms with Crippen LogP contribution in [0, 0.1) is 0 Å². The average molecular weight is 259 g/mol. The summed E-state index contributed by atoms with van der Waals surface area (Å²) in [5.74, 6) is 0.266. The molecule has 0 unspecified atom stereocenters. The molecule has 0 spiro atoms. The number of carbonyl (C=O) groups excluding carboxylic acids is 1. The maximum absolute atomic E-state index is 12.5. The number of benzene rings is 1. The summed E-state index contributed by atoms with van der Waals surface area (Å²) in [6, 6.07) is 8.41. The van der Waals surface area contributed by atoms with Gasteiger partial charge in [-0.1, -0.05) is 18.2 Å². The summed E-state index contributed by atoms with van der Waals surface area (Å²) in [4.78, 5) is 16.8. The van der Waals surface area contributed by atoms with Crippen LogP contribution in [0.4, 0.5) is 5.69 Å². The van der Waals surface area contributed by atoms with Gasteiger partial charge in [-0.25, -0.2) is 0 Å². The summed E-state index contributed by atoms with van der Waals surface area (Å²) in [6.07, 6.45) is 2.09. The molecule has 1 aromatic carbocycles. The van der Waals surface area contributed by atoms with Gasteiger partial charge in [-0.3, -0.25) is 4.79 Å². The Bertz CT molecular complexity index is 468. The van der Waals surface area contributed by atoms with Gasteiger partial charge < -0.3 is 15.1 Å². The summed E-state index contributed by atoms with van der Waals surface area (Å²) in [6.45, 7) is 3.41. The number of fused-ring (bicyclic) bond motifs is 1. The zero-order valence-corrected chi connectivity index (χ0v) is 11.4. The number of carbonyl (C=O) groups is 1. The van der Waals surface area contributed by atoms with E-state index in [0.717, 1.165) is 39.0 Å². The van der Waals surface area contributed by atoms with Crippen LogP contribution in [0.25, 0.3) is 0 Å². The summed E-state index contributed by atoms with van der Waals surface area (Å²) in [7, 11) is 2.10. The lowest BCUT2D eigenvalue weighted by molar-refractivity contribution is -0.133. The van der Waals surface area contributed by atoms with Gasteiger partial charge in [-0.05, 0) is 31.0 Å². The number of amides is 1. The summed E-state index contributed by atoms with van der Waals surface area (Å²) >= 11 is 0. The molecule has 2 heterocycles. The SMILES string of the molecule is CN1CCN(C(=O)[C@@H]2CCCN2)Cc2ccccc21. The molecule has 19 heavy (non-hydrogen) atoms. The Balaban J connectivity index is 1.80. The minimum atomic E-state index is 0.0376. The molecule has 2 aliphatic rings. The molecule has 0 aromatic heterocycles. The van der Waals surface area contributed by atoms with E-state index in [0.29, 0.717) is 0 Å². The third-order valence-corrected chi connectivity index (χ3v) is 4.14. The third kappa shape index (κ3) is 2.45. The lowest BCUT2D eigenvalue weighted by Crippen LogP contribution is -2.44. The standard InChI is InChI=1S/C15H21N3O/c1-17-9-10-18(15(19)13-6-4-8-16-13)11-12-5-2-3-7-14(12)17/h2-3,5,7,13,16H,4,6,8-11H2,1H3/t13-/m0/s1. The molecule has 4 heteroatoms. The molecule has 0 radical (unpaired) electrons. The zero-order chi connectivity index (χ0) is 13.2. The fourth-order valence-corrected chi connectivity index (χ4v) is 3.00. The summed E-state index contributed by atoms with van der Waals surface area (Å²) in [5.41, 5.74) is 2.49. The van der Waals surface area contributed by atoms with Crippen molar-refractivity contribution >= 4 is 11.6 Å². The van der Waals surface area contributed by atoms with Crippen LogP contribution in [0.2, 0.25) is 0 Å². The highest BCUT2D eigenvalue weighted by Gasteiger charge is 2.28. The molecule has 1 saturated heterocycles. The van der Waals surface area contributed by atoms with E-state index in [2.05, 4.69) is 41.5 Å². The van der Waals surface area contributed by atoms with Crippen LogP contribution in [0.1, 0.15) is 18.4 Å². The Morgan fingerprint density at radius 1 is 1.32 bits per heavy atom. The molecule has 4 nitrogen and oxygen atoms in total. The molecule has 2 aliphatic heterocycles. The molecule has 0 saturated carbocycles. The molecule has 1 fully saturated rings. The average Bonchev–Trinajstić information content (AvgIpc) is 2.91. The minimum Gasteiger partial charge on any atom is -0.373 e. The van der Waals surface area contributed by atoms with E-state index in [4.69, 9.17) is 0 Å². The van der Waals surface area contributed by atoms with Crippen molar-refractivity contribution in [1.29, 1.82) is 0 Å². The Hall–Kier alpha value is -1.55. The largest absolute Gasteiger partial charge is 0.373 e. The first-order valence-corrected chi connectivity index (χ1v) is 7.07. The van der Waals surface area contributed by atoms with Crippen molar-refractivity contribution in [1.82, 2.24) is 10.2 Å². The van der Waals surface area contributed by atoms with Gasteiger partial charge in [-0.15, -0.1) is 0 Å². The molecular formula is C15H21N3O. The van der Waals surface area contributed by atoms with E-state index in [9.17, 15) is 4.79 Å². The van der Waals surface area contributed by atoms with Crippen molar-refractivity contribution in [3.05, 3.63) is 29.8 Å². The van der Waals surface area contributed by atoms with E-state index in [-0.39, 0.29) is 11.9 Å². The van der Waals surface area contributed by atoms with Gasteiger partial charge in [0.05, 0.1) is 6.04 Å². The maximum atomic E-state index is 12.5.